The van der Waals surface area contributed by atoms with Crippen molar-refractivity contribution in [2.24, 2.45) is 5.92 Å². The molecular weight excluding hydrogens is 176 g/mol. The van der Waals surface area contributed by atoms with Crippen LogP contribution in [0.4, 0.5) is 0 Å². The first-order valence-electron chi connectivity index (χ1n) is 4.95. The summed E-state index contributed by atoms with van der Waals surface area (Å²) in [5, 5.41) is 0. The maximum atomic E-state index is 4.11. The van der Waals surface area contributed by atoms with Crippen LogP contribution in [0.2, 0.25) is 0 Å². The second-order valence-electron chi connectivity index (χ2n) is 3.73. The molecule has 1 heteroatoms. The van der Waals surface area contributed by atoms with Crippen LogP contribution in [0.5, 0.6) is 0 Å². The van der Waals surface area contributed by atoms with E-state index >= 15 is 0 Å². The van der Waals surface area contributed by atoms with E-state index in [0.717, 1.165) is 4.91 Å². The van der Waals surface area contributed by atoms with E-state index in [1.165, 1.54) is 37.7 Å². The maximum absolute atomic E-state index is 4.11. The fourth-order valence-electron chi connectivity index (χ4n) is 1.81. The van der Waals surface area contributed by atoms with E-state index in [4.69, 9.17) is 0 Å². The molecule has 0 N–H and O–H groups in total. The van der Waals surface area contributed by atoms with Crippen molar-refractivity contribution < 1.29 is 0 Å². The fourth-order valence-corrected chi connectivity index (χ4v) is 1.89. The van der Waals surface area contributed by atoms with E-state index in [1.807, 2.05) is 6.08 Å². The van der Waals surface area contributed by atoms with Crippen molar-refractivity contribution in [2.75, 3.05) is 0 Å². The predicted molar refractivity (Wildman–Crippen MR) is 63.0 cm³/mol. The maximum Gasteiger partial charge on any atom is -0.00319 e. The van der Waals surface area contributed by atoms with Gasteiger partial charge >= 0.3 is 0 Å². The quantitative estimate of drug-likeness (QED) is 0.507. The molecule has 0 nitrogen and oxygen atoms in total. The summed E-state index contributed by atoms with van der Waals surface area (Å²) in [7, 11) is 0. The van der Waals surface area contributed by atoms with Gasteiger partial charge in [0, 0.05) is 0 Å². The highest BCUT2D eigenvalue weighted by molar-refractivity contribution is 7.84. The molecule has 0 radical (unpaired) electrons. The lowest BCUT2D eigenvalue weighted by atomic mass is 9.84. The molecule has 72 valence electrons. The summed E-state index contributed by atoms with van der Waals surface area (Å²) in [6.45, 7) is 7.80. The van der Waals surface area contributed by atoms with Crippen LogP contribution >= 0.6 is 12.6 Å². The second-order valence-corrected chi connectivity index (χ2v) is 4.31. The minimum atomic E-state index is 0.706. The normalized spacial score (nSPS) is 19.2. The number of rotatable bonds is 3. The zero-order chi connectivity index (χ0) is 9.68. The molecule has 1 rings (SSSR count). The van der Waals surface area contributed by atoms with Crippen molar-refractivity contribution in [3.63, 3.8) is 0 Å². The highest BCUT2D eigenvalue weighted by Crippen LogP contribution is 2.29. The van der Waals surface area contributed by atoms with Crippen molar-refractivity contribution in [2.45, 2.75) is 32.1 Å². The average molecular weight is 194 g/mol. The topological polar surface area (TPSA) is 0 Å². The van der Waals surface area contributed by atoms with Crippen molar-refractivity contribution in [1.29, 1.82) is 0 Å². The summed E-state index contributed by atoms with van der Waals surface area (Å²) in [5.74, 6) is 0.706. The largest absolute Gasteiger partial charge is 0.144 e. The molecule has 0 unspecified atom stereocenters. The summed E-state index contributed by atoms with van der Waals surface area (Å²) in [6.07, 6.45) is 10.7. The van der Waals surface area contributed by atoms with Crippen LogP contribution in [0, 0.1) is 5.92 Å². The van der Waals surface area contributed by atoms with Crippen LogP contribution in [-0.4, -0.2) is 0 Å². The van der Waals surface area contributed by atoms with E-state index in [9.17, 15) is 0 Å². The van der Waals surface area contributed by atoms with Gasteiger partial charge in [0.2, 0.25) is 0 Å². The number of thiol groups is 1. The van der Waals surface area contributed by atoms with Crippen molar-refractivity contribution >= 4 is 12.6 Å². The molecule has 0 spiro atoms. The van der Waals surface area contributed by atoms with E-state index < -0.39 is 0 Å². The van der Waals surface area contributed by atoms with Crippen molar-refractivity contribution in [3.8, 4) is 0 Å². The molecule has 0 heterocycles. The predicted octanol–water partition coefficient (Wildman–Crippen LogP) is 4.12. The van der Waals surface area contributed by atoms with Crippen LogP contribution in [-0.2, 0) is 0 Å². The van der Waals surface area contributed by atoms with Crippen LogP contribution in [0.15, 0.2) is 35.8 Å². The summed E-state index contributed by atoms with van der Waals surface area (Å²) in [6, 6.07) is 0. The number of allylic oxidation sites excluding steroid dienone is 3. The van der Waals surface area contributed by atoms with Gasteiger partial charge in [-0.05, 0) is 29.7 Å². The van der Waals surface area contributed by atoms with Gasteiger partial charge in [-0.3, -0.25) is 0 Å². The molecule has 0 atom stereocenters. The molecule has 0 saturated heterocycles. The average Bonchev–Trinajstić information content (AvgIpc) is 2.15. The molecule has 0 amide bonds. The van der Waals surface area contributed by atoms with Crippen LogP contribution < -0.4 is 0 Å². The van der Waals surface area contributed by atoms with Gasteiger partial charge in [0.15, 0.2) is 0 Å². The summed E-state index contributed by atoms with van der Waals surface area (Å²) in [5.41, 5.74) is 1.25. The number of hydrogen-bond acceptors (Lipinski definition) is 1. The summed E-state index contributed by atoms with van der Waals surface area (Å²) >= 11 is 4.11. The van der Waals surface area contributed by atoms with Gasteiger partial charge in [-0.15, -0.1) is 12.6 Å². The lowest BCUT2D eigenvalue weighted by Crippen LogP contribution is -2.06. The molecule has 0 aromatic carbocycles. The standard InChI is InChI=1S/C12H18S/c1-10(8-9-11(2)13)12-6-4-3-5-7-12/h8-9,12-13H,1-7H2/b9-8-. The van der Waals surface area contributed by atoms with Crippen molar-refractivity contribution in [1.82, 2.24) is 0 Å². The minimum absolute atomic E-state index is 0.706. The van der Waals surface area contributed by atoms with Crippen LogP contribution in [0.25, 0.3) is 0 Å². The first-order valence-corrected chi connectivity index (χ1v) is 5.39. The van der Waals surface area contributed by atoms with Gasteiger partial charge in [-0.2, -0.15) is 0 Å². The van der Waals surface area contributed by atoms with E-state index in [-0.39, 0.29) is 0 Å². The monoisotopic (exact) mass is 194 g/mol. The molecule has 0 aromatic heterocycles. The van der Waals surface area contributed by atoms with E-state index in [1.54, 1.807) is 0 Å². The second kappa shape index (κ2) is 5.33. The van der Waals surface area contributed by atoms with Gasteiger partial charge in [-0.25, -0.2) is 0 Å². The van der Waals surface area contributed by atoms with Gasteiger partial charge in [0.05, 0.1) is 0 Å². The molecule has 0 bridgehead atoms. The molecule has 0 aromatic rings. The Balaban J connectivity index is 2.41. The molecule has 13 heavy (non-hydrogen) atoms. The Morgan fingerprint density at radius 2 is 1.69 bits per heavy atom. The number of hydrogen-bond donors (Lipinski definition) is 1. The molecule has 1 saturated carbocycles. The molecule has 1 aliphatic carbocycles. The third-order valence-corrected chi connectivity index (χ3v) is 2.77. The Kier molecular flexibility index (Phi) is 4.37. The van der Waals surface area contributed by atoms with E-state index in [0.29, 0.717) is 5.92 Å². The van der Waals surface area contributed by atoms with Gasteiger partial charge in [-0.1, -0.05) is 44.1 Å². The Morgan fingerprint density at radius 3 is 2.23 bits per heavy atom. The minimum Gasteiger partial charge on any atom is -0.144 e. The zero-order valence-corrected chi connectivity index (χ0v) is 9.02. The third kappa shape index (κ3) is 3.86. The van der Waals surface area contributed by atoms with Crippen LogP contribution in [0.1, 0.15) is 32.1 Å². The summed E-state index contributed by atoms with van der Waals surface area (Å²) in [4.78, 5) is 0.803. The molecule has 1 fully saturated rings. The SMILES string of the molecule is C=C(S)/C=C\C(=C)C1CCCCC1. The van der Waals surface area contributed by atoms with Gasteiger partial charge in [0.25, 0.3) is 0 Å². The lowest BCUT2D eigenvalue weighted by Gasteiger charge is -2.21. The Hall–Kier alpha value is -0.430. The van der Waals surface area contributed by atoms with Crippen LogP contribution in [0.3, 0.4) is 0 Å². The van der Waals surface area contributed by atoms with Gasteiger partial charge < -0.3 is 0 Å². The highest BCUT2D eigenvalue weighted by atomic mass is 32.1. The lowest BCUT2D eigenvalue weighted by molar-refractivity contribution is 0.409. The van der Waals surface area contributed by atoms with E-state index in [2.05, 4.69) is 31.9 Å². The Labute approximate surface area is 86.8 Å². The van der Waals surface area contributed by atoms with Gasteiger partial charge in [0.1, 0.15) is 0 Å². The van der Waals surface area contributed by atoms with Crippen molar-refractivity contribution in [3.05, 3.63) is 35.8 Å². The molecule has 0 aliphatic heterocycles. The Morgan fingerprint density at radius 1 is 1.08 bits per heavy atom. The molecular formula is C12H18S. The molecule has 1 aliphatic rings. The smallest absolute Gasteiger partial charge is 0.00319 e. The Bertz CT molecular complexity index is 219. The zero-order valence-electron chi connectivity index (χ0n) is 8.13. The first-order chi connectivity index (χ1) is 6.20. The summed E-state index contributed by atoms with van der Waals surface area (Å²) < 4.78 is 0. The third-order valence-electron chi connectivity index (χ3n) is 2.62. The highest BCUT2D eigenvalue weighted by Gasteiger charge is 2.14. The fraction of sp³-hybridized carbons (Fsp3) is 0.500. The first kappa shape index (κ1) is 10.6.